The van der Waals surface area contributed by atoms with Crippen molar-refractivity contribution in [1.82, 2.24) is 20.0 Å². The summed E-state index contributed by atoms with van der Waals surface area (Å²) in [5.41, 5.74) is -0.630. The van der Waals surface area contributed by atoms with E-state index in [1.165, 1.54) is 4.90 Å². The maximum absolute atomic E-state index is 14.9. The molecule has 13 heteroatoms. The number of benzene rings is 1. The van der Waals surface area contributed by atoms with Gasteiger partial charge in [0.25, 0.3) is 0 Å². The third-order valence-corrected chi connectivity index (χ3v) is 11.4. The highest BCUT2D eigenvalue weighted by Gasteiger charge is 2.77. The van der Waals surface area contributed by atoms with Crippen LogP contribution in [0.15, 0.2) is 55.6 Å². The number of carbonyl (C=O) groups is 4. The van der Waals surface area contributed by atoms with Crippen molar-refractivity contribution in [2.75, 3.05) is 59.1 Å². The molecule has 4 aliphatic heterocycles. The Balaban J connectivity index is 1.46. The average molecular weight is 774 g/mol. The molecule has 1 aromatic carbocycles. The minimum atomic E-state index is -1.32. The fraction of sp³-hybridized carbons (Fsp3) is 0.632. The number of ether oxygens (including phenoxy) is 3. The number of nitrogens with zero attached hydrogens (tertiary/aromatic N) is 3. The molecule has 4 aliphatic rings. The van der Waals surface area contributed by atoms with Crippen LogP contribution in [0.25, 0.3) is 0 Å². The van der Waals surface area contributed by atoms with Gasteiger partial charge >= 0.3 is 5.97 Å². The second-order valence-electron chi connectivity index (χ2n) is 14.4. The van der Waals surface area contributed by atoms with Gasteiger partial charge < -0.3 is 34.4 Å². The largest absolute Gasteiger partial charge is 0.455 e. The standard InChI is InChI=1S/C38H53BrN4O8/c1-5-7-13-30(45)40-23-29(26-11-9-8-10-12-26)50-37(48)31-32-35(46)43(27(24-44)21-25(3)4)34(38(32)22-28(39)33(31)51-38)36(47)42(14-6-2)16-15-41-17-19-49-20-18-41/h5-6,8-12,25,27-29,31-34,44H,1-2,7,13-24H2,3-4H3,(H,40,45)/t27-,28?,29+,31-,32+,33-,34-,38+/m1/s1. The summed E-state index contributed by atoms with van der Waals surface area (Å²) in [5.74, 6) is -3.41. The lowest BCUT2D eigenvalue weighted by Gasteiger charge is -2.40. The van der Waals surface area contributed by atoms with Crippen molar-refractivity contribution < 1.29 is 38.5 Å². The summed E-state index contributed by atoms with van der Waals surface area (Å²) in [6.07, 6.45) is 3.35. The first-order valence-corrected chi connectivity index (χ1v) is 19.1. The minimum Gasteiger partial charge on any atom is -0.455 e. The molecule has 0 saturated carbocycles. The van der Waals surface area contributed by atoms with Gasteiger partial charge in [0.15, 0.2) is 0 Å². The zero-order chi connectivity index (χ0) is 36.7. The molecule has 4 heterocycles. The van der Waals surface area contributed by atoms with E-state index in [-0.39, 0.29) is 48.7 Å². The monoisotopic (exact) mass is 772 g/mol. The van der Waals surface area contributed by atoms with Crippen LogP contribution in [-0.2, 0) is 33.4 Å². The number of alkyl halides is 1. The van der Waals surface area contributed by atoms with Crippen LogP contribution >= 0.6 is 15.9 Å². The molecule has 1 spiro atoms. The summed E-state index contributed by atoms with van der Waals surface area (Å²) >= 11 is 3.75. The Kier molecular flexibility index (Phi) is 13.5. The Hall–Kier alpha value is -3.10. The molecule has 280 valence electrons. The molecule has 51 heavy (non-hydrogen) atoms. The van der Waals surface area contributed by atoms with Crippen LogP contribution in [-0.4, -0.2) is 131 Å². The lowest BCUT2D eigenvalue weighted by molar-refractivity contribution is -0.161. The Bertz CT molecular complexity index is 1410. The second kappa shape index (κ2) is 17.6. The highest BCUT2D eigenvalue weighted by atomic mass is 79.9. The van der Waals surface area contributed by atoms with E-state index in [0.29, 0.717) is 51.1 Å². The molecule has 1 aromatic rings. The molecule has 2 N–H and O–H groups in total. The number of amides is 3. The van der Waals surface area contributed by atoms with Gasteiger partial charge in [-0.05, 0) is 30.7 Å². The maximum Gasteiger partial charge on any atom is 0.313 e. The van der Waals surface area contributed by atoms with Gasteiger partial charge in [-0.15, -0.1) is 13.2 Å². The van der Waals surface area contributed by atoms with Crippen LogP contribution in [0.1, 0.15) is 51.2 Å². The van der Waals surface area contributed by atoms with Crippen molar-refractivity contribution in [2.24, 2.45) is 17.8 Å². The van der Waals surface area contributed by atoms with Crippen LogP contribution < -0.4 is 5.32 Å². The van der Waals surface area contributed by atoms with Crippen molar-refractivity contribution in [3.05, 3.63) is 61.2 Å². The number of allylic oxidation sites excluding steroid dienone is 1. The molecular formula is C38H53BrN4O8. The first-order valence-electron chi connectivity index (χ1n) is 18.1. The van der Waals surface area contributed by atoms with Gasteiger partial charge in [-0.25, -0.2) is 0 Å². The Morgan fingerprint density at radius 3 is 2.55 bits per heavy atom. The topological polar surface area (TPSA) is 138 Å². The lowest BCUT2D eigenvalue weighted by Crippen LogP contribution is -2.59. The van der Waals surface area contributed by atoms with Crippen LogP contribution in [0, 0.1) is 17.8 Å². The normalized spacial score (nSPS) is 28.3. The predicted molar refractivity (Wildman–Crippen MR) is 195 cm³/mol. The highest BCUT2D eigenvalue weighted by molar-refractivity contribution is 9.09. The van der Waals surface area contributed by atoms with Gasteiger partial charge in [0.1, 0.15) is 17.7 Å². The van der Waals surface area contributed by atoms with Crippen molar-refractivity contribution in [3.8, 4) is 0 Å². The maximum atomic E-state index is 14.9. The van der Waals surface area contributed by atoms with E-state index in [1.54, 1.807) is 17.1 Å². The summed E-state index contributed by atoms with van der Waals surface area (Å²) in [4.78, 5) is 61.7. The van der Waals surface area contributed by atoms with Gasteiger partial charge in [0, 0.05) is 44.0 Å². The van der Waals surface area contributed by atoms with Crippen molar-refractivity contribution in [3.63, 3.8) is 0 Å². The van der Waals surface area contributed by atoms with Crippen LogP contribution in [0.4, 0.5) is 0 Å². The van der Waals surface area contributed by atoms with E-state index >= 15 is 0 Å². The molecular weight excluding hydrogens is 720 g/mol. The average Bonchev–Trinajstić information content (AvgIpc) is 3.73. The highest BCUT2D eigenvalue weighted by Crippen LogP contribution is 2.61. The SMILES string of the molecule is C=CCCC(=O)NC[C@H](OC(=O)[C@H]1[C@@H]2O[C@@]3(CC2Br)[C@@H]1C(=O)N([C@@H](CO)CC(C)C)[C@@H]3C(=O)N(CC=C)CCN1CCOCC1)c1ccccc1. The third kappa shape index (κ3) is 8.43. The van der Waals surface area contributed by atoms with Crippen molar-refractivity contribution in [2.45, 2.75) is 74.3 Å². The van der Waals surface area contributed by atoms with E-state index in [2.05, 4.69) is 39.3 Å². The molecule has 0 radical (unpaired) electrons. The first kappa shape index (κ1) is 39.1. The molecule has 12 nitrogen and oxygen atoms in total. The smallest absolute Gasteiger partial charge is 0.313 e. The number of aliphatic hydroxyl groups is 1. The number of fused-ring (bicyclic) bond motifs is 1. The molecule has 3 amide bonds. The number of nitrogens with one attached hydrogen (secondary N) is 1. The lowest BCUT2D eigenvalue weighted by atomic mass is 9.70. The number of likely N-dealkylation sites (tertiary alicyclic amines) is 1. The first-order chi connectivity index (χ1) is 24.6. The number of hydrogen-bond donors (Lipinski definition) is 2. The molecule has 5 rings (SSSR count). The van der Waals surface area contributed by atoms with E-state index in [0.717, 1.165) is 13.1 Å². The predicted octanol–water partition coefficient (Wildman–Crippen LogP) is 2.86. The zero-order valence-electron chi connectivity index (χ0n) is 29.8. The fourth-order valence-corrected chi connectivity index (χ4v) is 9.12. The van der Waals surface area contributed by atoms with E-state index in [1.807, 2.05) is 44.2 Å². The Morgan fingerprint density at radius 1 is 1.18 bits per heavy atom. The van der Waals surface area contributed by atoms with Crippen molar-refractivity contribution >= 4 is 39.6 Å². The van der Waals surface area contributed by atoms with Crippen molar-refractivity contribution in [1.29, 1.82) is 0 Å². The van der Waals surface area contributed by atoms with Crippen LogP contribution in [0.3, 0.4) is 0 Å². The summed E-state index contributed by atoms with van der Waals surface area (Å²) in [7, 11) is 0. The number of carbonyl (C=O) groups excluding carboxylic acids is 4. The summed E-state index contributed by atoms with van der Waals surface area (Å²) in [6, 6.07) is 7.42. The summed E-state index contributed by atoms with van der Waals surface area (Å²) in [5, 5.41) is 13.6. The van der Waals surface area contributed by atoms with Gasteiger partial charge in [-0.3, -0.25) is 24.1 Å². The van der Waals surface area contributed by atoms with E-state index in [9.17, 15) is 24.3 Å². The number of aliphatic hydroxyl groups excluding tert-OH is 1. The number of hydrogen-bond acceptors (Lipinski definition) is 9. The molecule has 1 unspecified atom stereocenters. The molecule has 2 bridgehead atoms. The number of halogens is 1. The Labute approximate surface area is 309 Å². The number of rotatable bonds is 18. The number of esters is 1. The number of morpholine rings is 1. The van der Waals surface area contributed by atoms with Crippen LogP contribution in [0.2, 0.25) is 0 Å². The summed E-state index contributed by atoms with van der Waals surface area (Å²) in [6.45, 7) is 15.4. The summed E-state index contributed by atoms with van der Waals surface area (Å²) < 4.78 is 18.4. The Morgan fingerprint density at radius 2 is 1.90 bits per heavy atom. The molecule has 4 saturated heterocycles. The van der Waals surface area contributed by atoms with Gasteiger partial charge in [-0.1, -0.05) is 72.3 Å². The quantitative estimate of drug-likeness (QED) is 0.131. The second-order valence-corrected chi connectivity index (χ2v) is 15.5. The fourth-order valence-electron chi connectivity index (χ4n) is 8.18. The molecule has 8 atom stereocenters. The van der Waals surface area contributed by atoms with Gasteiger partial charge in [0.2, 0.25) is 17.7 Å². The van der Waals surface area contributed by atoms with Gasteiger partial charge in [0.05, 0.1) is 50.3 Å². The molecule has 0 aromatic heterocycles. The van der Waals surface area contributed by atoms with Crippen LogP contribution in [0.5, 0.6) is 0 Å². The third-order valence-electron chi connectivity index (χ3n) is 10.5. The minimum absolute atomic E-state index is 0.0410. The van der Waals surface area contributed by atoms with E-state index in [4.69, 9.17) is 14.2 Å². The molecule has 0 aliphatic carbocycles. The molecule has 4 fully saturated rings. The zero-order valence-corrected chi connectivity index (χ0v) is 31.4. The van der Waals surface area contributed by atoms with E-state index < -0.39 is 53.6 Å². The van der Waals surface area contributed by atoms with Gasteiger partial charge in [-0.2, -0.15) is 0 Å².